The van der Waals surface area contributed by atoms with Crippen molar-refractivity contribution in [3.8, 4) is 28.3 Å². The van der Waals surface area contributed by atoms with Crippen molar-refractivity contribution in [1.82, 2.24) is 9.97 Å². The van der Waals surface area contributed by atoms with E-state index in [1.807, 2.05) is 74.6 Å². The van der Waals surface area contributed by atoms with Crippen molar-refractivity contribution in [1.29, 1.82) is 0 Å². The number of nitrogens with zero attached hydrogens (tertiary/aromatic N) is 1. The van der Waals surface area contributed by atoms with Gasteiger partial charge in [-0.3, -0.25) is 0 Å². The van der Waals surface area contributed by atoms with Gasteiger partial charge in [0.2, 0.25) is 0 Å². The minimum atomic E-state index is 0.302. The highest BCUT2D eigenvalue weighted by atomic mass is 16.3. The third-order valence-corrected chi connectivity index (χ3v) is 5.95. The van der Waals surface area contributed by atoms with E-state index in [0.717, 1.165) is 44.8 Å². The molecule has 5 nitrogen and oxygen atoms in total. The standard InChI is InChI=1S/C21H19N3O.C10H12.C2H5N/c1-13-4-3-5-19(25)20(13)14-6-8-15(9-7-14)21-23-17-11-10-16(22-2)12-18(17)24-21;1-4-10-6-8(2)5-9(3)7-10;1-2-3/h3-12,22,25H,1-2H3,(H,23,24);4-7H,1H2,2-3H3;2H,1,3H2. The van der Waals surface area contributed by atoms with Crippen LogP contribution in [0.2, 0.25) is 0 Å². The van der Waals surface area contributed by atoms with Gasteiger partial charge in [-0.1, -0.05) is 85.0 Å². The summed E-state index contributed by atoms with van der Waals surface area (Å²) in [7, 11) is 1.90. The number of aromatic amines is 1. The molecule has 4 aromatic carbocycles. The van der Waals surface area contributed by atoms with Crippen molar-refractivity contribution in [3.05, 3.63) is 120 Å². The first-order valence-corrected chi connectivity index (χ1v) is 12.4. The Bertz CT molecular complexity index is 1490. The van der Waals surface area contributed by atoms with Crippen LogP contribution in [-0.2, 0) is 0 Å². The van der Waals surface area contributed by atoms with Crippen LogP contribution in [0.3, 0.4) is 0 Å². The molecule has 0 aliphatic heterocycles. The zero-order chi connectivity index (χ0) is 27.7. The molecule has 1 heterocycles. The lowest BCUT2D eigenvalue weighted by molar-refractivity contribution is 0.477. The Morgan fingerprint density at radius 1 is 0.868 bits per heavy atom. The van der Waals surface area contributed by atoms with E-state index >= 15 is 0 Å². The number of H-pyrrole nitrogens is 1. The Labute approximate surface area is 225 Å². The van der Waals surface area contributed by atoms with E-state index in [2.05, 4.69) is 66.2 Å². The van der Waals surface area contributed by atoms with Crippen molar-refractivity contribution in [3.63, 3.8) is 0 Å². The fourth-order valence-electron chi connectivity index (χ4n) is 4.25. The topological polar surface area (TPSA) is 87.0 Å². The smallest absolute Gasteiger partial charge is 0.138 e. The number of fused-ring (bicyclic) bond motifs is 1. The minimum absolute atomic E-state index is 0.302. The number of aromatic nitrogens is 2. The highest BCUT2D eigenvalue weighted by Crippen LogP contribution is 2.33. The van der Waals surface area contributed by atoms with Crippen LogP contribution >= 0.6 is 0 Å². The summed E-state index contributed by atoms with van der Waals surface area (Å²) in [5.41, 5.74) is 15.3. The first-order chi connectivity index (χ1) is 18.3. The molecule has 0 atom stereocenters. The quantitative estimate of drug-likeness (QED) is 0.200. The summed E-state index contributed by atoms with van der Waals surface area (Å²) in [5, 5.41) is 13.3. The summed E-state index contributed by atoms with van der Waals surface area (Å²) in [4.78, 5) is 8.03. The molecule has 0 saturated heterocycles. The monoisotopic (exact) mass is 504 g/mol. The zero-order valence-corrected chi connectivity index (χ0v) is 22.5. The van der Waals surface area contributed by atoms with Crippen LogP contribution in [-0.4, -0.2) is 22.1 Å². The molecule has 0 saturated carbocycles. The third kappa shape index (κ3) is 6.92. The summed E-state index contributed by atoms with van der Waals surface area (Å²) < 4.78 is 0. The summed E-state index contributed by atoms with van der Waals surface area (Å²) in [6.45, 7) is 13.0. The molecule has 194 valence electrons. The molecular formula is C33H36N4O. The molecule has 0 aliphatic carbocycles. The van der Waals surface area contributed by atoms with Gasteiger partial charge in [0.1, 0.15) is 11.6 Å². The van der Waals surface area contributed by atoms with E-state index in [4.69, 9.17) is 0 Å². The molecule has 0 bridgehead atoms. The van der Waals surface area contributed by atoms with Crippen LogP contribution in [0, 0.1) is 20.8 Å². The Kier molecular flexibility index (Phi) is 9.49. The molecule has 5 N–H and O–H groups in total. The molecule has 38 heavy (non-hydrogen) atoms. The van der Waals surface area contributed by atoms with E-state index < -0.39 is 0 Å². The average Bonchev–Trinajstić information content (AvgIpc) is 3.33. The summed E-state index contributed by atoms with van der Waals surface area (Å²) in [6.07, 6.45) is 3.12. The van der Waals surface area contributed by atoms with Gasteiger partial charge in [0.05, 0.1) is 11.0 Å². The second kappa shape index (κ2) is 13.0. The summed E-state index contributed by atoms with van der Waals surface area (Å²) >= 11 is 0. The van der Waals surface area contributed by atoms with E-state index in [9.17, 15) is 5.11 Å². The number of imidazole rings is 1. The van der Waals surface area contributed by atoms with Gasteiger partial charge in [0, 0.05) is 23.9 Å². The maximum atomic E-state index is 10.2. The first kappa shape index (κ1) is 27.8. The number of aryl methyl sites for hydroxylation is 3. The number of phenols is 1. The maximum Gasteiger partial charge on any atom is 0.138 e. The van der Waals surface area contributed by atoms with Gasteiger partial charge in [-0.25, -0.2) is 4.98 Å². The molecule has 0 radical (unpaired) electrons. The lowest BCUT2D eigenvalue weighted by Gasteiger charge is -2.09. The SMILES string of the molecule is C=CN.C=Cc1cc(C)cc(C)c1.CNc1ccc2nc(-c3ccc(-c4c(C)cccc4O)cc3)[nH]c2c1. The van der Waals surface area contributed by atoms with Gasteiger partial charge < -0.3 is 21.1 Å². The number of anilines is 1. The molecule has 1 aromatic heterocycles. The predicted octanol–water partition coefficient (Wildman–Crippen LogP) is 7.99. The van der Waals surface area contributed by atoms with Crippen molar-refractivity contribution in [2.45, 2.75) is 20.8 Å². The first-order valence-electron chi connectivity index (χ1n) is 12.4. The second-order valence-electron chi connectivity index (χ2n) is 8.97. The predicted molar refractivity (Wildman–Crippen MR) is 163 cm³/mol. The van der Waals surface area contributed by atoms with Gasteiger partial charge in [-0.15, -0.1) is 0 Å². The molecule has 0 fully saturated rings. The van der Waals surface area contributed by atoms with Crippen LogP contribution < -0.4 is 11.1 Å². The van der Waals surface area contributed by atoms with Crippen molar-refractivity contribution < 1.29 is 5.11 Å². The number of hydrogen-bond acceptors (Lipinski definition) is 4. The number of hydrogen-bond donors (Lipinski definition) is 4. The summed E-state index contributed by atoms with van der Waals surface area (Å²) in [6, 6.07) is 26.1. The molecule has 0 aliphatic rings. The van der Waals surface area contributed by atoms with Crippen LogP contribution in [0.4, 0.5) is 5.69 Å². The molecule has 0 spiro atoms. The molecule has 0 amide bonds. The Morgan fingerprint density at radius 3 is 2.08 bits per heavy atom. The van der Waals surface area contributed by atoms with Gasteiger partial charge >= 0.3 is 0 Å². The van der Waals surface area contributed by atoms with Crippen molar-refractivity contribution in [2.24, 2.45) is 5.73 Å². The molecular weight excluding hydrogens is 468 g/mol. The van der Waals surface area contributed by atoms with Crippen LogP contribution in [0.5, 0.6) is 5.75 Å². The van der Waals surface area contributed by atoms with E-state index in [1.54, 1.807) is 6.07 Å². The highest BCUT2D eigenvalue weighted by molar-refractivity contribution is 5.83. The Hall–Kier alpha value is -4.77. The van der Waals surface area contributed by atoms with Gasteiger partial charge in [0.25, 0.3) is 0 Å². The summed E-state index contributed by atoms with van der Waals surface area (Å²) in [5.74, 6) is 1.14. The fourth-order valence-corrected chi connectivity index (χ4v) is 4.25. The second-order valence-corrected chi connectivity index (χ2v) is 8.97. The third-order valence-electron chi connectivity index (χ3n) is 5.95. The molecule has 5 aromatic rings. The van der Waals surface area contributed by atoms with Gasteiger partial charge in [0.15, 0.2) is 0 Å². The number of phenolic OH excluding ortho intramolecular Hbond substituents is 1. The lowest BCUT2D eigenvalue weighted by atomic mass is 9.98. The van der Waals surface area contributed by atoms with Crippen molar-refractivity contribution in [2.75, 3.05) is 12.4 Å². The number of nitrogens with one attached hydrogen (secondary N) is 2. The van der Waals surface area contributed by atoms with Crippen molar-refractivity contribution >= 4 is 22.8 Å². The lowest BCUT2D eigenvalue weighted by Crippen LogP contribution is -1.86. The fraction of sp³-hybridized carbons (Fsp3) is 0.121. The molecule has 5 rings (SSSR count). The van der Waals surface area contributed by atoms with Crippen LogP contribution in [0.25, 0.3) is 39.6 Å². The van der Waals surface area contributed by atoms with Gasteiger partial charge in [-0.2, -0.15) is 0 Å². The number of aromatic hydroxyl groups is 1. The number of nitrogens with two attached hydrogens (primary N) is 1. The van der Waals surface area contributed by atoms with Gasteiger partial charge in [-0.05, 0) is 67.9 Å². The number of benzene rings is 4. The highest BCUT2D eigenvalue weighted by Gasteiger charge is 2.09. The van der Waals surface area contributed by atoms with E-state index in [-0.39, 0.29) is 0 Å². The average molecular weight is 505 g/mol. The normalized spacial score (nSPS) is 10.0. The zero-order valence-electron chi connectivity index (χ0n) is 22.5. The Morgan fingerprint density at radius 2 is 1.50 bits per heavy atom. The Balaban J connectivity index is 0.000000257. The van der Waals surface area contributed by atoms with Crippen LogP contribution in [0.1, 0.15) is 22.3 Å². The van der Waals surface area contributed by atoms with Crippen LogP contribution in [0.15, 0.2) is 98.2 Å². The number of rotatable bonds is 4. The largest absolute Gasteiger partial charge is 0.507 e. The minimum Gasteiger partial charge on any atom is -0.507 e. The maximum absolute atomic E-state index is 10.2. The molecule has 5 heteroatoms. The van der Waals surface area contributed by atoms with E-state index in [1.165, 1.54) is 22.9 Å². The van der Waals surface area contributed by atoms with E-state index in [0.29, 0.717) is 5.75 Å². The molecule has 0 unspecified atom stereocenters.